The standard InChI is InChI=1S/C19H18ClNO5/c1-12(22)26-18-10-13(4-7-17(18)25-3)5-9-19(23)21-14-6-8-16(24-2)15(20)11-14/h4-11H,1-3H3,(H,21,23). The van der Waals surface area contributed by atoms with Gasteiger partial charge in [0.15, 0.2) is 11.5 Å². The zero-order chi connectivity index (χ0) is 19.1. The van der Waals surface area contributed by atoms with E-state index in [1.807, 2.05) is 0 Å². The smallest absolute Gasteiger partial charge is 0.308 e. The maximum atomic E-state index is 12.1. The Balaban J connectivity index is 2.10. The number of nitrogens with one attached hydrogen (secondary N) is 1. The van der Waals surface area contributed by atoms with Crippen molar-refractivity contribution < 1.29 is 23.8 Å². The van der Waals surface area contributed by atoms with Crippen LogP contribution >= 0.6 is 11.6 Å². The predicted molar refractivity (Wildman–Crippen MR) is 100.0 cm³/mol. The fourth-order valence-corrected chi connectivity index (χ4v) is 2.39. The van der Waals surface area contributed by atoms with Gasteiger partial charge in [-0.3, -0.25) is 9.59 Å². The maximum Gasteiger partial charge on any atom is 0.308 e. The van der Waals surface area contributed by atoms with E-state index in [1.54, 1.807) is 42.5 Å². The van der Waals surface area contributed by atoms with E-state index in [-0.39, 0.29) is 11.7 Å². The SMILES string of the molecule is COc1ccc(NC(=O)C=Cc2ccc(OC)c(OC(C)=O)c2)cc1Cl. The number of rotatable bonds is 6. The Morgan fingerprint density at radius 2 is 1.69 bits per heavy atom. The summed E-state index contributed by atoms with van der Waals surface area (Å²) in [6.07, 6.45) is 2.95. The third kappa shape index (κ3) is 5.26. The second-order valence-electron chi connectivity index (χ2n) is 5.18. The Bertz CT molecular complexity index is 848. The molecular formula is C19H18ClNO5. The molecule has 2 aromatic carbocycles. The second-order valence-corrected chi connectivity index (χ2v) is 5.58. The molecule has 0 saturated carbocycles. The number of anilines is 1. The van der Waals surface area contributed by atoms with E-state index in [0.29, 0.717) is 27.8 Å². The summed E-state index contributed by atoms with van der Waals surface area (Å²) in [6.45, 7) is 1.30. The van der Waals surface area contributed by atoms with Crippen molar-refractivity contribution in [1.82, 2.24) is 0 Å². The number of carbonyl (C=O) groups is 2. The summed E-state index contributed by atoms with van der Waals surface area (Å²) in [5, 5.41) is 3.10. The summed E-state index contributed by atoms with van der Waals surface area (Å²) in [5.74, 6) is 0.435. The molecule has 6 nitrogen and oxygen atoms in total. The number of halogens is 1. The molecule has 0 aliphatic rings. The molecule has 0 heterocycles. The van der Waals surface area contributed by atoms with Crippen LogP contribution in [0.15, 0.2) is 42.5 Å². The van der Waals surface area contributed by atoms with Crippen LogP contribution in [0.5, 0.6) is 17.2 Å². The van der Waals surface area contributed by atoms with E-state index >= 15 is 0 Å². The van der Waals surface area contributed by atoms with Gasteiger partial charge in [0, 0.05) is 18.7 Å². The average Bonchev–Trinajstić information content (AvgIpc) is 2.60. The number of amides is 1. The molecule has 0 radical (unpaired) electrons. The van der Waals surface area contributed by atoms with Crippen LogP contribution in [0, 0.1) is 0 Å². The van der Waals surface area contributed by atoms with E-state index in [2.05, 4.69) is 5.32 Å². The van der Waals surface area contributed by atoms with Crippen molar-refractivity contribution in [3.8, 4) is 17.2 Å². The van der Waals surface area contributed by atoms with Crippen LogP contribution in [0.2, 0.25) is 5.02 Å². The Labute approximate surface area is 156 Å². The number of carbonyl (C=O) groups excluding carboxylic acids is 2. The average molecular weight is 376 g/mol. The molecule has 0 aliphatic carbocycles. The molecule has 0 fully saturated rings. The first-order chi connectivity index (χ1) is 12.4. The first kappa shape index (κ1) is 19.3. The first-order valence-corrected chi connectivity index (χ1v) is 7.99. The van der Waals surface area contributed by atoms with Crippen molar-refractivity contribution in [2.45, 2.75) is 6.92 Å². The minimum Gasteiger partial charge on any atom is -0.495 e. The highest BCUT2D eigenvalue weighted by Gasteiger charge is 2.08. The third-order valence-corrected chi connectivity index (χ3v) is 3.58. The lowest BCUT2D eigenvalue weighted by atomic mass is 10.2. The third-order valence-electron chi connectivity index (χ3n) is 3.29. The normalized spacial score (nSPS) is 10.5. The van der Waals surface area contributed by atoms with Gasteiger partial charge in [0.2, 0.25) is 5.91 Å². The highest BCUT2D eigenvalue weighted by atomic mass is 35.5. The van der Waals surface area contributed by atoms with Crippen LogP contribution in [-0.2, 0) is 9.59 Å². The molecule has 0 atom stereocenters. The Kier molecular flexibility index (Phi) is 6.63. The summed E-state index contributed by atoms with van der Waals surface area (Å²) < 4.78 is 15.3. The molecule has 2 rings (SSSR count). The van der Waals surface area contributed by atoms with E-state index < -0.39 is 5.97 Å². The lowest BCUT2D eigenvalue weighted by Gasteiger charge is -2.08. The largest absolute Gasteiger partial charge is 0.495 e. The number of hydrogen-bond donors (Lipinski definition) is 1. The van der Waals surface area contributed by atoms with Crippen molar-refractivity contribution in [2.75, 3.05) is 19.5 Å². The van der Waals surface area contributed by atoms with E-state index in [0.717, 1.165) is 0 Å². The molecule has 136 valence electrons. The molecular weight excluding hydrogens is 358 g/mol. The molecule has 0 bridgehead atoms. The molecule has 7 heteroatoms. The van der Waals surface area contributed by atoms with Gasteiger partial charge in [0.1, 0.15) is 5.75 Å². The molecule has 1 amide bonds. The minimum absolute atomic E-state index is 0.282. The van der Waals surface area contributed by atoms with E-state index in [9.17, 15) is 9.59 Å². The van der Waals surface area contributed by atoms with E-state index in [4.69, 9.17) is 25.8 Å². The molecule has 0 spiro atoms. The van der Waals surface area contributed by atoms with Crippen LogP contribution in [0.1, 0.15) is 12.5 Å². The summed E-state index contributed by atoms with van der Waals surface area (Å²) in [4.78, 5) is 23.2. The van der Waals surface area contributed by atoms with Crippen LogP contribution in [0.4, 0.5) is 5.69 Å². The van der Waals surface area contributed by atoms with Gasteiger partial charge in [-0.05, 0) is 42.0 Å². The number of ether oxygens (including phenoxy) is 3. The van der Waals surface area contributed by atoms with Crippen molar-refractivity contribution >= 4 is 35.2 Å². The quantitative estimate of drug-likeness (QED) is 0.470. The lowest BCUT2D eigenvalue weighted by Crippen LogP contribution is -2.07. The van der Waals surface area contributed by atoms with Crippen molar-refractivity contribution in [3.05, 3.63) is 53.1 Å². The van der Waals surface area contributed by atoms with Gasteiger partial charge in [0.05, 0.1) is 19.2 Å². The predicted octanol–water partition coefficient (Wildman–Crippen LogP) is 3.93. The maximum absolute atomic E-state index is 12.1. The second kappa shape index (κ2) is 8.92. The van der Waals surface area contributed by atoms with Gasteiger partial charge in [-0.25, -0.2) is 0 Å². The van der Waals surface area contributed by atoms with Crippen LogP contribution in [-0.4, -0.2) is 26.1 Å². The highest BCUT2D eigenvalue weighted by Crippen LogP contribution is 2.29. The molecule has 0 aromatic heterocycles. The summed E-state index contributed by atoms with van der Waals surface area (Å²) >= 11 is 6.03. The number of esters is 1. The zero-order valence-electron chi connectivity index (χ0n) is 14.5. The fourth-order valence-electron chi connectivity index (χ4n) is 2.13. The van der Waals surface area contributed by atoms with E-state index in [1.165, 1.54) is 27.2 Å². The van der Waals surface area contributed by atoms with Gasteiger partial charge in [0.25, 0.3) is 0 Å². The van der Waals surface area contributed by atoms with Gasteiger partial charge in [-0.2, -0.15) is 0 Å². The number of methoxy groups -OCH3 is 2. The molecule has 0 saturated heterocycles. The zero-order valence-corrected chi connectivity index (χ0v) is 15.3. The highest BCUT2D eigenvalue weighted by molar-refractivity contribution is 6.32. The molecule has 26 heavy (non-hydrogen) atoms. The van der Waals surface area contributed by atoms with Crippen molar-refractivity contribution in [1.29, 1.82) is 0 Å². The van der Waals surface area contributed by atoms with Crippen LogP contribution in [0.3, 0.4) is 0 Å². The van der Waals surface area contributed by atoms with Gasteiger partial charge >= 0.3 is 5.97 Å². The number of benzene rings is 2. The molecule has 2 aromatic rings. The van der Waals surface area contributed by atoms with Crippen LogP contribution in [0.25, 0.3) is 6.08 Å². The first-order valence-electron chi connectivity index (χ1n) is 7.62. The van der Waals surface area contributed by atoms with Crippen molar-refractivity contribution in [3.63, 3.8) is 0 Å². The number of hydrogen-bond acceptors (Lipinski definition) is 5. The Morgan fingerprint density at radius 1 is 1.00 bits per heavy atom. The Hall–Kier alpha value is -2.99. The van der Waals surface area contributed by atoms with Crippen LogP contribution < -0.4 is 19.5 Å². The minimum atomic E-state index is -0.460. The Morgan fingerprint density at radius 3 is 2.31 bits per heavy atom. The molecule has 0 unspecified atom stereocenters. The monoisotopic (exact) mass is 375 g/mol. The lowest BCUT2D eigenvalue weighted by molar-refractivity contribution is -0.132. The molecule has 1 N–H and O–H groups in total. The molecule has 0 aliphatic heterocycles. The summed E-state index contributed by atoms with van der Waals surface area (Å²) in [5.41, 5.74) is 1.21. The topological polar surface area (TPSA) is 73.9 Å². The summed E-state index contributed by atoms with van der Waals surface area (Å²) in [6, 6.07) is 9.94. The van der Waals surface area contributed by atoms with Gasteiger partial charge < -0.3 is 19.5 Å². The van der Waals surface area contributed by atoms with Gasteiger partial charge in [-0.15, -0.1) is 0 Å². The van der Waals surface area contributed by atoms with Gasteiger partial charge in [-0.1, -0.05) is 17.7 Å². The van der Waals surface area contributed by atoms with Crippen molar-refractivity contribution in [2.24, 2.45) is 0 Å². The summed E-state index contributed by atoms with van der Waals surface area (Å²) in [7, 11) is 2.99. The fraction of sp³-hybridized carbons (Fsp3) is 0.158.